The predicted molar refractivity (Wildman–Crippen MR) is 124 cm³/mol. The Labute approximate surface area is 195 Å². The molecule has 12 heteroatoms. The Bertz CT molecular complexity index is 640. The molecule has 7 nitrogen and oxygen atoms in total. The highest BCUT2D eigenvalue weighted by molar-refractivity contribution is 14.0. The van der Waals surface area contributed by atoms with E-state index < -0.39 is 15.5 Å². The van der Waals surface area contributed by atoms with Crippen LogP contribution in [0.5, 0.6) is 0 Å². The first kappa shape index (κ1) is 27.7. The van der Waals surface area contributed by atoms with Gasteiger partial charge in [-0.05, 0) is 58.5 Å². The van der Waals surface area contributed by atoms with Crippen LogP contribution >= 0.6 is 24.0 Å². The lowest BCUT2D eigenvalue weighted by Gasteiger charge is -2.33. The first-order chi connectivity index (χ1) is 13.6. The number of hydrogen-bond acceptors (Lipinski definition) is 4. The lowest BCUT2D eigenvalue weighted by molar-refractivity contribution is -0.0494. The Hall–Kier alpha value is -0.340. The summed E-state index contributed by atoms with van der Waals surface area (Å²) in [4.78, 5) is 6.70. The average Bonchev–Trinajstić information content (AvgIpc) is 2.67. The Morgan fingerprint density at radius 3 is 2.33 bits per heavy atom. The summed E-state index contributed by atoms with van der Waals surface area (Å²) >= 11 is 0. The molecular formula is C18H35F3IN5O2S. The van der Waals surface area contributed by atoms with E-state index in [9.17, 15) is 21.6 Å². The molecule has 2 heterocycles. The van der Waals surface area contributed by atoms with E-state index in [1.807, 2.05) is 0 Å². The van der Waals surface area contributed by atoms with Crippen LogP contribution in [-0.4, -0.2) is 80.9 Å². The van der Waals surface area contributed by atoms with Gasteiger partial charge in [0.1, 0.15) is 0 Å². The Balaban J connectivity index is 0.00000450. The van der Waals surface area contributed by atoms with E-state index in [0.717, 1.165) is 25.9 Å². The number of alkyl halides is 3. The summed E-state index contributed by atoms with van der Waals surface area (Å²) in [5.41, 5.74) is -5.24. The van der Waals surface area contributed by atoms with Crippen molar-refractivity contribution < 1.29 is 21.6 Å². The van der Waals surface area contributed by atoms with E-state index in [0.29, 0.717) is 29.1 Å². The first-order valence-electron chi connectivity index (χ1n) is 10.4. The molecular weight excluding hydrogens is 534 g/mol. The summed E-state index contributed by atoms with van der Waals surface area (Å²) in [6.45, 7) is 5.04. The molecule has 30 heavy (non-hydrogen) atoms. The molecule has 0 aromatic carbocycles. The first-order valence-corrected chi connectivity index (χ1v) is 11.9. The van der Waals surface area contributed by atoms with Gasteiger partial charge in [-0.1, -0.05) is 6.42 Å². The van der Waals surface area contributed by atoms with E-state index in [1.165, 1.54) is 25.8 Å². The van der Waals surface area contributed by atoms with Gasteiger partial charge in [-0.25, -0.2) is 8.42 Å². The van der Waals surface area contributed by atoms with Gasteiger partial charge in [0.25, 0.3) is 0 Å². The lowest BCUT2D eigenvalue weighted by Crippen LogP contribution is -2.51. The number of nitrogens with one attached hydrogen (secondary N) is 2. The second-order valence-corrected chi connectivity index (χ2v) is 9.78. The maximum Gasteiger partial charge on any atom is 0.511 e. The third-order valence-corrected chi connectivity index (χ3v) is 7.39. The molecule has 0 saturated carbocycles. The zero-order valence-corrected chi connectivity index (χ0v) is 20.9. The fraction of sp³-hybridized carbons (Fsp3) is 0.944. The summed E-state index contributed by atoms with van der Waals surface area (Å²) < 4.78 is 61.4. The Morgan fingerprint density at radius 1 is 1.10 bits per heavy atom. The Kier molecular flexibility index (Phi) is 11.7. The molecule has 2 aliphatic rings. The van der Waals surface area contributed by atoms with Crippen LogP contribution in [0.1, 0.15) is 51.9 Å². The fourth-order valence-electron chi connectivity index (χ4n) is 3.91. The smallest absolute Gasteiger partial charge is 0.356 e. The molecule has 2 N–H and O–H groups in total. The monoisotopic (exact) mass is 569 g/mol. The van der Waals surface area contributed by atoms with Crippen molar-refractivity contribution in [2.75, 3.05) is 39.8 Å². The molecule has 0 radical (unpaired) electrons. The fourth-order valence-corrected chi connectivity index (χ4v) is 4.90. The molecule has 1 unspecified atom stereocenters. The van der Waals surface area contributed by atoms with E-state index in [4.69, 9.17) is 0 Å². The van der Waals surface area contributed by atoms with Crippen molar-refractivity contribution in [3.63, 3.8) is 0 Å². The molecule has 1 atom stereocenters. The molecule has 2 saturated heterocycles. The van der Waals surface area contributed by atoms with Gasteiger partial charge in [0.15, 0.2) is 5.96 Å². The standard InChI is InChI=1S/C18H34F3N5O2S.HI/c1-15-7-3-5-11-25(15)12-6-4-10-23-17(22-2)24-16-8-13-26(14-9-16)29(27,28)18(19,20)21;/h15-16H,3-14H2,1-2H3,(H2,22,23,24);1H. The quantitative estimate of drug-likeness (QED) is 0.214. The molecule has 0 aromatic heterocycles. The minimum Gasteiger partial charge on any atom is -0.356 e. The van der Waals surface area contributed by atoms with Gasteiger partial charge in [-0.2, -0.15) is 17.5 Å². The maximum absolute atomic E-state index is 12.6. The van der Waals surface area contributed by atoms with Crippen molar-refractivity contribution in [3.05, 3.63) is 0 Å². The number of guanidine groups is 1. The van der Waals surface area contributed by atoms with Crippen LogP contribution in [0.3, 0.4) is 0 Å². The normalized spacial score (nSPS) is 23.1. The van der Waals surface area contributed by atoms with E-state index >= 15 is 0 Å². The largest absolute Gasteiger partial charge is 0.511 e. The van der Waals surface area contributed by atoms with Crippen LogP contribution in [0.25, 0.3) is 0 Å². The van der Waals surface area contributed by atoms with Crippen molar-refractivity contribution >= 4 is 40.0 Å². The molecule has 2 fully saturated rings. The number of halogens is 4. The van der Waals surface area contributed by atoms with Crippen LogP contribution in [0, 0.1) is 0 Å². The third kappa shape index (κ3) is 7.97. The minimum absolute atomic E-state index is 0. The minimum atomic E-state index is -5.24. The van der Waals surface area contributed by atoms with Crippen molar-refractivity contribution in [1.29, 1.82) is 0 Å². The van der Waals surface area contributed by atoms with E-state index in [-0.39, 0.29) is 43.1 Å². The predicted octanol–water partition coefficient (Wildman–Crippen LogP) is 2.74. The van der Waals surface area contributed by atoms with Gasteiger partial charge >= 0.3 is 15.5 Å². The number of sulfonamides is 1. The van der Waals surface area contributed by atoms with E-state index in [1.54, 1.807) is 7.05 Å². The van der Waals surface area contributed by atoms with Gasteiger partial charge in [-0.15, -0.1) is 24.0 Å². The zero-order valence-electron chi connectivity index (χ0n) is 17.7. The van der Waals surface area contributed by atoms with Crippen LogP contribution in [0.4, 0.5) is 13.2 Å². The molecule has 2 aliphatic heterocycles. The summed E-state index contributed by atoms with van der Waals surface area (Å²) in [5, 5.41) is 6.43. The van der Waals surface area contributed by atoms with Crippen molar-refractivity contribution in [3.8, 4) is 0 Å². The summed E-state index contributed by atoms with van der Waals surface area (Å²) in [5.74, 6) is 0.605. The van der Waals surface area contributed by atoms with Crippen LogP contribution in [0.2, 0.25) is 0 Å². The molecule has 0 spiro atoms. The lowest BCUT2D eigenvalue weighted by atomic mass is 10.0. The molecule has 2 rings (SSSR count). The second-order valence-electron chi connectivity index (χ2n) is 7.86. The summed E-state index contributed by atoms with van der Waals surface area (Å²) in [6, 6.07) is 0.563. The zero-order chi connectivity index (χ0) is 21.5. The second kappa shape index (κ2) is 12.6. The highest BCUT2D eigenvalue weighted by Gasteiger charge is 2.50. The van der Waals surface area contributed by atoms with Crippen molar-refractivity contribution in [2.24, 2.45) is 4.99 Å². The van der Waals surface area contributed by atoms with Gasteiger partial charge < -0.3 is 15.5 Å². The number of hydrogen-bond donors (Lipinski definition) is 2. The van der Waals surface area contributed by atoms with Crippen molar-refractivity contribution in [1.82, 2.24) is 19.8 Å². The van der Waals surface area contributed by atoms with Gasteiger partial charge in [0.05, 0.1) is 0 Å². The number of aliphatic imine (C=N–C) groups is 1. The molecule has 0 aliphatic carbocycles. The van der Waals surface area contributed by atoms with Crippen molar-refractivity contribution in [2.45, 2.75) is 69.5 Å². The number of rotatable bonds is 7. The van der Waals surface area contributed by atoms with Gasteiger partial charge in [0.2, 0.25) is 0 Å². The number of piperidine rings is 2. The molecule has 0 amide bonds. The molecule has 0 aromatic rings. The van der Waals surface area contributed by atoms with Crippen LogP contribution in [-0.2, 0) is 10.0 Å². The number of nitrogens with zero attached hydrogens (tertiary/aromatic N) is 3. The average molecular weight is 569 g/mol. The number of unbranched alkanes of at least 4 members (excludes halogenated alkanes) is 1. The highest BCUT2D eigenvalue weighted by atomic mass is 127. The van der Waals surface area contributed by atoms with Crippen LogP contribution < -0.4 is 10.6 Å². The van der Waals surface area contributed by atoms with Gasteiger partial charge in [-0.3, -0.25) is 4.99 Å². The molecule has 178 valence electrons. The summed E-state index contributed by atoms with van der Waals surface area (Å²) in [7, 11) is -3.59. The third-order valence-electron chi connectivity index (χ3n) is 5.76. The topological polar surface area (TPSA) is 77.0 Å². The SMILES string of the molecule is CN=C(NCCCCN1CCCCC1C)NC1CCN(S(=O)(=O)C(F)(F)F)CC1.I. The highest BCUT2D eigenvalue weighted by Crippen LogP contribution is 2.28. The van der Waals surface area contributed by atoms with Gasteiger partial charge in [0, 0.05) is 38.8 Å². The molecule has 0 bridgehead atoms. The van der Waals surface area contributed by atoms with Crippen LogP contribution in [0.15, 0.2) is 4.99 Å². The number of likely N-dealkylation sites (tertiary alicyclic amines) is 1. The Morgan fingerprint density at radius 2 is 1.77 bits per heavy atom. The maximum atomic E-state index is 12.6. The summed E-state index contributed by atoms with van der Waals surface area (Å²) in [6.07, 6.45) is 6.60. The van der Waals surface area contributed by atoms with E-state index in [2.05, 4.69) is 27.4 Å².